The van der Waals surface area contributed by atoms with Crippen molar-refractivity contribution in [3.63, 3.8) is 0 Å². The Morgan fingerprint density at radius 3 is 3.19 bits per heavy atom. The Morgan fingerprint density at radius 1 is 1.48 bits per heavy atom. The molecule has 21 heavy (non-hydrogen) atoms. The molecule has 3 aromatic rings. The fourth-order valence-corrected chi connectivity index (χ4v) is 2.90. The zero-order valence-corrected chi connectivity index (χ0v) is 11.3. The molecule has 1 aliphatic heterocycles. The van der Waals surface area contributed by atoms with Gasteiger partial charge in [-0.15, -0.1) is 0 Å². The molecule has 0 saturated carbocycles. The van der Waals surface area contributed by atoms with Gasteiger partial charge in [-0.3, -0.25) is 9.36 Å². The number of halogens is 1. The summed E-state index contributed by atoms with van der Waals surface area (Å²) in [5.41, 5.74) is 1.49. The van der Waals surface area contributed by atoms with Crippen molar-refractivity contribution in [2.75, 3.05) is 6.61 Å². The molecule has 3 heterocycles. The molecule has 0 bridgehead atoms. The molecule has 0 unspecified atom stereocenters. The minimum atomic E-state index is -0.339. The third-order valence-electron chi connectivity index (χ3n) is 3.96. The van der Waals surface area contributed by atoms with Crippen molar-refractivity contribution in [2.45, 2.75) is 25.5 Å². The van der Waals surface area contributed by atoms with Crippen LogP contribution >= 0.6 is 0 Å². The van der Waals surface area contributed by atoms with Gasteiger partial charge in [0.25, 0.3) is 5.56 Å². The van der Waals surface area contributed by atoms with Crippen molar-refractivity contribution in [2.24, 2.45) is 0 Å². The van der Waals surface area contributed by atoms with Crippen LogP contribution in [0.25, 0.3) is 21.9 Å². The highest BCUT2D eigenvalue weighted by Crippen LogP contribution is 2.22. The van der Waals surface area contributed by atoms with Crippen LogP contribution in [0, 0.1) is 5.82 Å². The molecule has 1 saturated heterocycles. The molecule has 1 N–H and O–H groups in total. The summed E-state index contributed by atoms with van der Waals surface area (Å²) < 4.78 is 20.5. The number of H-pyrrole nitrogens is 1. The second-order valence-corrected chi connectivity index (χ2v) is 5.38. The summed E-state index contributed by atoms with van der Waals surface area (Å²) in [6.45, 7) is 1.26. The molecule has 2 aromatic heterocycles. The van der Waals surface area contributed by atoms with Gasteiger partial charge in [-0.05, 0) is 31.0 Å². The average Bonchev–Trinajstić information content (AvgIpc) is 3.09. The number of nitrogens with one attached hydrogen (secondary N) is 1. The van der Waals surface area contributed by atoms with Crippen LogP contribution in [0.15, 0.2) is 29.3 Å². The van der Waals surface area contributed by atoms with Crippen molar-refractivity contribution in [1.29, 1.82) is 0 Å². The minimum Gasteiger partial charge on any atom is -0.376 e. The van der Waals surface area contributed by atoms with Gasteiger partial charge >= 0.3 is 0 Å². The molecule has 0 spiro atoms. The molecule has 108 valence electrons. The van der Waals surface area contributed by atoms with E-state index in [1.807, 2.05) is 0 Å². The van der Waals surface area contributed by atoms with Gasteiger partial charge < -0.3 is 9.72 Å². The number of ether oxygens (including phenoxy) is 1. The molecular weight excluding hydrogens is 273 g/mol. The standard InChI is InChI=1S/C15H14FN3O2/c16-9-3-4-12-11(6-9)13-14(18-12)15(20)19(8-17-13)7-10-2-1-5-21-10/h3-4,6,8,10,18H,1-2,5,7H2/t10-/m0/s1. The number of hydrogen-bond acceptors (Lipinski definition) is 3. The zero-order valence-electron chi connectivity index (χ0n) is 11.3. The molecule has 1 fully saturated rings. The smallest absolute Gasteiger partial charge is 0.277 e. The Balaban J connectivity index is 1.86. The van der Waals surface area contributed by atoms with Gasteiger partial charge in [-0.2, -0.15) is 0 Å². The maximum atomic E-state index is 13.4. The molecule has 4 rings (SSSR count). The number of aromatic amines is 1. The Kier molecular flexibility index (Phi) is 2.78. The van der Waals surface area contributed by atoms with E-state index < -0.39 is 0 Å². The van der Waals surface area contributed by atoms with Gasteiger partial charge in [0.1, 0.15) is 16.9 Å². The Morgan fingerprint density at radius 2 is 2.38 bits per heavy atom. The first-order chi connectivity index (χ1) is 10.2. The van der Waals surface area contributed by atoms with Crippen molar-refractivity contribution in [3.8, 4) is 0 Å². The van der Waals surface area contributed by atoms with Gasteiger partial charge in [0.2, 0.25) is 0 Å². The lowest BCUT2D eigenvalue weighted by Gasteiger charge is -2.10. The topological polar surface area (TPSA) is 59.9 Å². The molecule has 0 radical (unpaired) electrons. The fraction of sp³-hybridized carbons (Fsp3) is 0.333. The SMILES string of the molecule is O=c1c2[nH]c3ccc(F)cc3c2ncn1C[C@@H]1CCCO1. The van der Waals surface area contributed by atoms with Crippen LogP contribution in [0.5, 0.6) is 0 Å². The van der Waals surface area contributed by atoms with Gasteiger partial charge in [0.05, 0.1) is 19.0 Å². The number of hydrogen-bond donors (Lipinski definition) is 1. The third-order valence-corrected chi connectivity index (χ3v) is 3.96. The molecule has 1 aliphatic rings. The lowest BCUT2D eigenvalue weighted by atomic mass is 10.2. The average molecular weight is 287 g/mol. The van der Waals surface area contributed by atoms with E-state index in [4.69, 9.17) is 4.74 Å². The van der Waals surface area contributed by atoms with Crippen molar-refractivity contribution >= 4 is 21.9 Å². The first-order valence-electron chi connectivity index (χ1n) is 7.00. The first kappa shape index (κ1) is 12.5. The highest BCUT2D eigenvalue weighted by molar-refractivity contribution is 6.04. The summed E-state index contributed by atoms with van der Waals surface area (Å²) >= 11 is 0. The van der Waals surface area contributed by atoms with Gasteiger partial charge in [-0.25, -0.2) is 9.37 Å². The monoisotopic (exact) mass is 287 g/mol. The summed E-state index contributed by atoms with van der Waals surface area (Å²) in [6.07, 6.45) is 3.58. The van der Waals surface area contributed by atoms with E-state index >= 15 is 0 Å². The van der Waals surface area contributed by atoms with Crippen LogP contribution in [0.1, 0.15) is 12.8 Å². The zero-order chi connectivity index (χ0) is 14.4. The van der Waals surface area contributed by atoms with Crippen molar-refractivity contribution in [3.05, 3.63) is 40.7 Å². The minimum absolute atomic E-state index is 0.0729. The molecule has 1 aromatic carbocycles. The number of benzene rings is 1. The molecule has 5 nitrogen and oxygen atoms in total. The molecule has 0 aliphatic carbocycles. The highest BCUT2D eigenvalue weighted by atomic mass is 19.1. The number of nitrogens with zero attached hydrogens (tertiary/aromatic N) is 2. The second kappa shape index (κ2) is 4.66. The number of fused-ring (bicyclic) bond motifs is 3. The first-order valence-corrected chi connectivity index (χ1v) is 7.00. The normalized spacial score (nSPS) is 18.8. The van der Waals surface area contributed by atoms with Gasteiger partial charge in [-0.1, -0.05) is 0 Å². The predicted octanol–water partition coefficient (Wildman–Crippen LogP) is 2.20. The summed E-state index contributed by atoms with van der Waals surface area (Å²) in [7, 11) is 0. The third kappa shape index (κ3) is 2.03. The lowest BCUT2D eigenvalue weighted by Crippen LogP contribution is -2.26. The highest BCUT2D eigenvalue weighted by Gasteiger charge is 2.18. The Hall–Kier alpha value is -2.21. The lowest BCUT2D eigenvalue weighted by molar-refractivity contribution is 0.0960. The van der Waals surface area contributed by atoms with Gasteiger partial charge in [0.15, 0.2) is 0 Å². The molecule has 0 amide bonds. The van der Waals surface area contributed by atoms with E-state index in [0.717, 1.165) is 19.4 Å². The van der Waals surface area contributed by atoms with E-state index in [2.05, 4.69) is 9.97 Å². The van der Waals surface area contributed by atoms with E-state index in [1.54, 1.807) is 10.6 Å². The van der Waals surface area contributed by atoms with Crippen molar-refractivity contribution in [1.82, 2.24) is 14.5 Å². The van der Waals surface area contributed by atoms with Gasteiger partial charge in [0, 0.05) is 17.5 Å². The van der Waals surface area contributed by atoms with Crippen LogP contribution in [0.3, 0.4) is 0 Å². The Bertz CT molecular complexity index is 878. The van der Waals surface area contributed by atoms with Crippen LogP contribution in [-0.4, -0.2) is 27.2 Å². The van der Waals surface area contributed by atoms with Crippen LogP contribution in [0.4, 0.5) is 4.39 Å². The molecule has 1 atom stereocenters. The summed E-state index contributed by atoms with van der Waals surface area (Å²) in [5, 5.41) is 0.631. The maximum absolute atomic E-state index is 13.4. The Labute approximate surface area is 119 Å². The van der Waals surface area contributed by atoms with E-state index in [1.165, 1.54) is 18.5 Å². The van der Waals surface area contributed by atoms with Crippen molar-refractivity contribution < 1.29 is 9.13 Å². The summed E-state index contributed by atoms with van der Waals surface area (Å²) in [4.78, 5) is 19.9. The summed E-state index contributed by atoms with van der Waals surface area (Å²) in [5.74, 6) is -0.339. The van der Waals surface area contributed by atoms with E-state index in [0.29, 0.717) is 28.5 Å². The number of rotatable bonds is 2. The quantitative estimate of drug-likeness (QED) is 0.786. The maximum Gasteiger partial charge on any atom is 0.277 e. The summed E-state index contributed by atoms with van der Waals surface area (Å²) in [6, 6.07) is 4.38. The predicted molar refractivity (Wildman–Crippen MR) is 76.8 cm³/mol. The van der Waals surface area contributed by atoms with E-state index in [9.17, 15) is 9.18 Å². The van der Waals surface area contributed by atoms with Crippen LogP contribution in [-0.2, 0) is 11.3 Å². The van der Waals surface area contributed by atoms with Crippen LogP contribution < -0.4 is 5.56 Å². The van der Waals surface area contributed by atoms with Crippen LogP contribution in [0.2, 0.25) is 0 Å². The fourth-order valence-electron chi connectivity index (χ4n) is 2.90. The number of aromatic nitrogens is 3. The van der Waals surface area contributed by atoms with E-state index in [-0.39, 0.29) is 17.5 Å². The molecular formula is C15H14FN3O2. The molecule has 6 heteroatoms. The largest absolute Gasteiger partial charge is 0.376 e. The second-order valence-electron chi connectivity index (χ2n) is 5.38.